The van der Waals surface area contributed by atoms with E-state index in [1.165, 1.54) is 0 Å². The summed E-state index contributed by atoms with van der Waals surface area (Å²) in [6, 6.07) is 26.6. The van der Waals surface area contributed by atoms with Crippen LogP contribution in [0, 0.1) is 18.3 Å². The molecule has 5 aromatic rings. The zero-order valence-corrected chi connectivity index (χ0v) is 24.3. The van der Waals surface area contributed by atoms with E-state index in [0.29, 0.717) is 34.4 Å². The first-order valence-corrected chi connectivity index (χ1v) is 15.0. The second-order valence-electron chi connectivity index (χ2n) is 10.3. The van der Waals surface area contributed by atoms with Gasteiger partial charge in [0.25, 0.3) is 0 Å². The molecule has 9 heteroatoms. The molecule has 3 aromatic carbocycles. The number of nitriles is 1. The minimum absolute atomic E-state index is 0.156. The molecular weight excluding hydrogens is 550 g/mol. The van der Waals surface area contributed by atoms with E-state index in [1.807, 2.05) is 97.2 Å². The zero-order valence-electron chi connectivity index (χ0n) is 23.5. The number of rotatable bonds is 8. The van der Waals surface area contributed by atoms with Gasteiger partial charge in [0.05, 0.1) is 26.6 Å². The topological polar surface area (TPSA) is 118 Å². The first-order chi connectivity index (χ1) is 20.1. The lowest BCUT2D eigenvalue weighted by Crippen LogP contribution is -2.35. The lowest BCUT2D eigenvalue weighted by atomic mass is 9.89. The number of aromatic nitrogens is 1. The standard InChI is InChI=1S/C33H29N3O5S/c1-22-9-11-23(12-10-22)32(28-19-24-13-14-25(35(2)3)20-31(24)41-33(28)37)29(21-34)26-15-17-36(16-6-18-42(38,39)40)30-8-5-4-7-27(26)30/h4-5,7-15,17,19-20H,6,16,18H2,1-3H3. The summed E-state index contributed by atoms with van der Waals surface area (Å²) in [6.07, 6.45) is 1.92. The van der Waals surface area contributed by atoms with Crippen molar-refractivity contribution in [3.63, 3.8) is 0 Å². The highest BCUT2D eigenvalue weighted by Gasteiger charge is 2.23. The molecule has 0 aliphatic rings. The predicted molar refractivity (Wildman–Crippen MR) is 163 cm³/mol. The molecule has 0 N–H and O–H groups in total. The lowest BCUT2D eigenvalue weighted by molar-refractivity contribution is -0.671. The van der Waals surface area contributed by atoms with Gasteiger partial charge >= 0.3 is 5.63 Å². The van der Waals surface area contributed by atoms with E-state index in [0.717, 1.165) is 27.5 Å². The first-order valence-electron chi connectivity index (χ1n) is 13.4. The van der Waals surface area contributed by atoms with Crippen molar-refractivity contribution in [2.45, 2.75) is 19.9 Å². The number of pyridine rings is 1. The highest BCUT2D eigenvalue weighted by atomic mass is 32.2. The summed E-state index contributed by atoms with van der Waals surface area (Å²) in [5, 5.41) is 12.1. The molecule has 0 unspecified atom stereocenters. The normalized spacial score (nSPS) is 12.3. The second kappa shape index (κ2) is 11.6. The van der Waals surface area contributed by atoms with Gasteiger partial charge in [-0.25, -0.2) is 13.2 Å². The van der Waals surface area contributed by atoms with Crippen LogP contribution in [0.1, 0.15) is 28.7 Å². The summed E-state index contributed by atoms with van der Waals surface area (Å²) in [5.74, 6) is -0.467. The summed E-state index contributed by atoms with van der Waals surface area (Å²) >= 11 is 0. The molecule has 0 saturated heterocycles. The molecule has 2 heterocycles. The minimum atomic E-state index is -4.33. The molecule has 0 spiro atoms. The zero-order chi connectivity index (χ0) is 30.0. The van der Waals surface area contributed by atoms with Gasteiger partial charge in [-0.3, -0.25) is 0 Å². The number of hydrogen-bond donors (Lipinski definition) is 0. The van der Waals surface area contributed by atoms with Gasteiger partial charge in [-0.15, -0.1) is 0 Å². The fourth-order valence-corrected chi connectivity index (χ4v) is 5.55. The van der Waals surface area contributed by atoms with Gasteiger partial charge in [-0.1, -0.05) is 42.0 Å². The Morgan fingerprint density at radius 3 is 2.43 bits per heavy atom. The number of fused-ring (bicyclic) bond motifs is 2. The van der Waals surface area contributed by atoms with Crippen LogP contribution in [0.25, 0.3) is 33.0 Å². The van der Waals surface area contributed by atoms with Gasteiger partial charge in [-0.2, -0.15) is 9.83 Å². The van der Waals surface area contributed by atoms with E-state index in [1.54, 1.807) is 18.3 Å². The van der Waals surface area contributed by atoms with Crippen molar-refractivity contribution in [3.8, 4) is 6.07 Å². The first kappa shape index (κ1) is 28.7. The van der Waals surface area contributed by atoms with E-state index < -0.39 is 21.5 Å². The number of hydrogen-bond acceptors (Lipinski definition) is 7. The molecule has 212 valence electrons. The van der Waals surface area contributed by atoms with Crippen molar-refractivity contribution in [3.05, 3.63) is 118 Å². The summed E-state index contributed by atoms with van der Waals surface area (Å²) in [5.41, 5.74) is 4.88. The maximum Gasteiger partial charge on any atom is 0.344 e. The number of anilines is 1. The van der Waals surface area contributed by atoms with Crippen molar-refractivity contribution in [2.75, 3.05) is 24.7 Å². The third kappa shape index (κ3) is 5.96. The second-order valence-corrected chi connectivity index (χ2v) is 11.9. The van der Waals surface area contributed by atoms with Crippen LogP contribution in [-0.2, 0) is 16.7 Å². The van der Waals surface area contributed by atoms with E-state index in [2.05, 4.69) is 6.07 Å². The molecule has 0 bridgehead atoms. The Bertz CT molecular complexity index is 2050. The summed E-state index contributed by atoms with van der Waals surface area (Å²) < 4.78 is 41.1. The number of nitrogens with zero attached hydrogens (tertiary/aromatic N) is 3. The van der Waals surface area contributed by atoms with Crippen molar-refractivity contribution in [1.29, 1.82) is 5.26 Å². The maximum atomic E-state index is 13.6. The van der Waals surface area contributed by atoms with E-state index >= 15 is 0 Å². The van der Waals surface area contributed by atoms with Crippen LogP contribution >= 0.6 is 0 Å². The predicted octanol–water partition coefficient (Wildman–Crippen LogP) is 5.03. The van der Waals surface area contributed by atoms with Crippen molar-refractivity contribution in [1.82, 2.24) is 0 Å². The lowest BCUT2D eigenvalue weighted by Gasteiger charge is -2.15. The third-order valence-corrected chi connectivity index (χ3v) is 7.98. The Morgan fingerprint density at radius 2 is 1.74 bits per heavy atom. The van der Waals surface area contributed by atoms with Crippen LogP contribution in [0.3, 0.4) is 0 Å². The van der Waals surface area contributed by atoms with Crippen molar-refractivity contribution < 1.29 is 22.0 Å². The van der Waals surface area contributed by atoms with Crippen LogP contribution in [0.4, 0.5) is 5.69 Å². The van der Waals surface area contributed by atoms with Crippen molar-refractivity contribution in [2.24, 2.45) is 0 Å². The largest absolute Gasteiger partial charge is 0.748 e. The summed E-state index contributed by atoms with van der Waals surface area (Å²) in [4.78, 5) is 15.5. The summed E-state index contributed by atoms with van der Waals surface area (Å²) in [7, 11) is -0.515. The van der Waals surface area contributed by atoms with Crippen LogP contribution in [-0.4, -0.2) is 32.8 Å². The molecule has 5 rings (SSSR count). The van der Waals surface area contributed by atoms with Gasteiger partial charge in [0.2, 0.25) is 5.52 Å². The Kier molecular flexibility index (Phi) is 7.94. The van der Waals surface area contributed by atoms with Gasteiger partial charge in [0.1, 0.15) is 18.2 Å². The number of para-hydroxylation sites is 1. The molecular formula is C33H29N3O5S. The highest BCUT2D eigenvalue weighted by Crippen LogP contribution is 2.35. The van der Waals surface area contributed by atoms with E-state index in [9.17, 15) is 23.0 Å². The Labute approximate surface area is 244 Å². The number of allylic oxidation sites excluding steroid dienone is 1. The van der Waals surface area contributed by atoms with Crippen molar-refractivity contribution >= 4 is 48.8 Å². The minimum Gasteiger partial charge on any atom is -0.748 e. The molecule has 0 amide bonds. The number of benzene rings is 3. The van der Waals surface area contributed by atoms with Gasteiger partial charge in [0, 0.05) is 66.7 Å². The van der Waals surface area contributed by atoms with E-state index in [-0.39, 0.29) is 12.0 Å². The van der Waals surface area contributed by atoms with Gasteiger partial charge in [0.15, 0.2) is 6.20 Å². The molecule has 0 atom stereocenters. The maximum absolute atomic E-state index is 13.6. The molecule has 2 aromatic heterocycles. The highest BCUT2D eigenvalue weighted by molar-refractivity contribution is 7.85. The summed E-state index contributed by atoms with van der Waals surface area (Å²) in [6.45, 7) is 2.27. The quantitative estimate of drug-likeness (QED) is 0.110. The molecule has 0 aliphatic carbocycles. The SMILES string of the molecule is Cc1ccc(/C(=C(/C#N)c2cc[n+](CCCS(=O)(=O)[O-])c3ccccc23)c2cc3ccc(N(C)C)cc3oc2=O)cc1. The smallest absolute Gasteiger partial charge is 0.344 e. The molecule has 8 nitrogen and oxygen atoms in total. The Balaban J connectivity index is 1.76. The monoisotopic (exact) mass is 579 g/mol. The average Bonchev–Trinajstić information content (AvgIpc) is 2.96. The molecule has 0 aliphatic heterocycles. The van der Waals surface area contributed by atoms with Gasteiger partial charge < -0.3 is 13.9 Å². The number of aryl methyl sites for hydroxylation is 2. The Hall–Kier alpha value is -4.78. The van der Waals surface area contributed by atoms with E-state index in [4.69, 9.17) is 4.42 Å². The van der Waals surface area contributed by atoms with Gasteiger partial charge in [-0.05, 0) is 36.8 Å². The Morgan fingerprint density at radius 1 is 1.00 bits per heavy atom. The average molecular weight is 580 g/mol. The fraction of sp³-hybridized carbons (Fsp3) is 0.182. The molecule has 0 radical (unpaired) electrons. The van der Waals surface area contributed by atoms with Crippen LogP contribution in [0.2, 0.25) is 0 Å². The molecule has 42 heavy (non-hydrogen) atoms. The third-order valence-electron chi connectivity index (χ3n) is 7.19. The van der Waals surface area contributed by atoms with Crippen LogP contribution < -0.4 is 15.1 Å². The fourth-order valence-electron chi connectivity index (χ4n) is 5.07. The molecule has 0 fully saturated rings. The molecule has 0 saturated carbocycles. The van der Waals surface area contributed by atoms with Crippen LogP contribution in [0.15, 0.2) is 94.3 Å². The van der Waals surface area contributed by atoms with Crippen LogP contribution in [0.5, 0.6) is 0 Å².